The van der Waals surface area contributed by atoms with Crippen molar-refractivity contribution in [3.05, 3.63) is 29.6 Å². The van der Waals surface area contributed by atoms with Gasteiger partial charge in [0.05, 0.1) is 18.2 Å². The number of aromatic nitrogens is 1. The molecule has 106 valence electrons. The van der Waals surface area contributed by atoms with E-state index in [9.17, 15) is 13.2 Å². The second-order valence-corrected chi connectivity index (χ2v) is 4.58. The van der Waals surface area contributed by atoms with E-state index in [0.29, 0.717) is 13.2 Å². The highest BCUT2D eigenvalue weighted by molar-refractivity contribution is 5.29. The molecule has 0 bridgehead atoms. The van der Waals surface area contributed by atoms with Crippen LogP contribution in [0.15, 0.2) is 18.5 Å². The van der Waals surface area contributed by atoms with Crippen molar-refractivity contribution in [2.24, 2.45) is 11.8 Å². The average Bonchev–Trinajstić information content (AvgIpc) is 2.40. The normalized spacial score (nSPS) is 22.2. The van der Waals surface area contributed by atoms with E-state index in [1.54, 1.807) is 0 Å². The van der Waals surface area contributed by atoms with E-state index in [2.05, 4.69) is 10.4 Å². The lowest BCUT2D eigenvalue weighted by molar-refractivity contribution is -0.138. The lowest BCUT2D eigenvalue weighted by Crippen LogP contribution is -2.38. The van der Waals surface area contributed by atoms with Crippen LogP contribution in [0.1, 0.15) is 30.0 Å². The third kappa shape index (κ3) is 3.23. The minimum Gasteiger partial charge on any atom is -0.381 e. The Morgan fingerprint density at radius 2 is 2.26 bits per heavy atom. The Kier molecular flexibility index (Phi) is 4.38. The Balaban J connectivity index is 2.32. The second kappa shape index (κ2) is 5.85. The van der Waals surface area contributed by atoms with Crippen molar-refractivity contribution < 1.29 is 17.9 Å². The van der Waals surface area contributed by atoms with E-state index in [4.69, 9.17) is 10.6 Å². The third-order valence-corrected chi connectivity index (χ3v) is 3.34. The van der Waals surface area contributed by atoms with Gasteiger partial charge in [0.2, 0.25) is 0 Å². The van der Waals surface area contributed by atoms with E-state index in [0.717, 1.165) is 25.1 Å². The van der Waals surface area contributed by atoms with Gasteiger partial charge in [-0.2, -0.15) is 13.2 Å². The number of nitrogens with two attached hydrogens (primary N) is 1. The zero-order chi connectivity index (χ0) is 13.9. The van der Waals surface area contributed by atoms with Crippen molar-refractivity contribution in [2.75, 3.05) is 13.2 Å². The molecular weight excluding hydrogens is 259 g/mol. The van der Waals surface area contributed by atoms with E-state index < -0.39 is 17.8 Å². The molecule has 4 nitrogen and oxygen atoms in total. The first-order chi connectivity index (χ1) is 9.04. The summed E-state index contributed by atoms with van der Waals surface area (Å²) < 4.78 is 44.3. The summed E-state index contributed by atoms with van der Waals surface area (Å²) in [6.07, 6.45) is -0.451. The van der Waals surface area contributed by atoms with Crippen LogP contribution in [0, 0.1) is 5.92 Å². The molecule has 0 radical (unpaired) electrons. The average molecular weight is 275 g/mol. The zero-order valence-electron chi connectivity index (χ0n) is 10.3. The van der Waals surface area contributed by atoms with Crippen molar-refractivity contribution in [3.8, 4) is 0 Å². The molecule has 0 saturated carbocycles. The van der Waals surface area contributed by atoms with Crippen LogP contribution in [0.2, 0.25) is 0 Å². The first kappa shape index (κ1) is 14.2. The summed E-state index contributed by atoms with van der Waals surface area (Å²) in [4.78, 5) is 3.79. The van der Waals surface area contributed by atoms with E-state index in [-0.39, 0.29) is 11.5 Å². The Hall–Kier alpha value is -1.18. The van der Waals surface area contributed by atoms with Crippen molar-refractivity contribution >= 4 is 0 Å². The first-order valence-electron chi connectivity index (χ1n) is 6.09. The summed E-state index contributed by atoms with van der Waals surface area (Å²) in [7, 11) is 0. The maximum absolute atomic E-state index is 13.0. The van der Waals surface area contributed by atoms with Crippen molar-refractivity contribution in [1.29, 1.82) is 0 Å². The van der Waals surface area contributed by atoms with Crippen molar-refractivity contribution in [3.63, 3.8) is 0 Å². The number of rotatable bonds is 3. The van der Waals surface area contributed by atoms with Gasteiger partial charge < -0.3 is 4.74 Å². The van der Waals surface area contributed by atoms with Crippen LogP contribution in [-0.4, -0.2) is 18.2 Å². The summed E-state index contributed by atoms with van der Waals surface area (Å²) in [5.74, 6) is 5.37. The first-order valence-corrected chi connectivity index (χ1v) is 6.09. The summed E-state index contributed by atoms with van der Waals surface area (Å²) >= 11 is 0. The molecule has 0 aromatic carbocycles. The van der Waals surface area contributed by atoms with E-state index in [1.165, 1.54) is 6.20 Å². The predicted molar refractivity (Wildman–Crippen MR) is 62.8 cm³/mol. The predicted octanol–water partition coefficient (Wildman–Crippen LogP) is 2.03. The lowest BCUT2D eigenvalue weighted by Gasteiger charge is -2.31. The van der Waals surface area contributed by atoms with Crippen LogP contribution in [0.3, 0.4) is 0 Å². The maximum atomic E-state index is 13.0. The largest absolute Gasteiger partial charge is 0.416 e. The summed E-state index contributed by atoms with van der Waals surface area (Å²) in [6, 6.07) is 0.370. The Morgan fingerprint density at radius 1 is 1.47 bits per heavy atom. The van der Waals surface area contributed by atoms with Gasteiger partial charge in [-0.05, 0) is 18.9 Å². The smallest absolute Gasteiger partial charge is 0.381 e. The van der Waals surface area contributed by atoms with Gasteiger partial charge >= 0.3 is 6.18 Å². The number of halogens is 3. The number of nitrogens with zero attached hydrogens (tertiary/aromatic N) is 1. The Labute approximate surface area is 109 Å². The summed E-state index contributed by atoms with van der Waals surface area (Å²) in [5, 5.41) is 0. The number of alkyl halides is 3. The molecule has 0 spiro atoms. The molecule has 2 heterocycles. The van der Waals surface area contributed by atoms with Crippen molar-refractivity contribution in [1.82, 2.24) is 10.4 Å². The summed E-state index contributed by atoms with van der Waals surface area (Å²) in [5.41, 5.74) is 1.86. The molecular formula is C12H16F3N3O. The Bertz CT molecular complexity index is 419. The molecule has 19 heavy (non-hydrogen) atoms. The molecule has 2 atom stereocenters. The molecule has 1 aliphatic heterocycles. The number of pyridine rings is 1. The third-order valence-electron chi connectivity index (χ3n) is 3.34. The van der Waals surface area contributed by atoms with Crippen LogP contribution < -0.4 is 11.3 Å². The van der Waals surface area contributed by atoms with Gasteiger partial charge in [-0.25, -0.2) is 0 Å². The van der Waals surface area contributed by atoms with Gasteiger partial charge in [0.25, 0.3) is 0 Å². The molecule has 1 fully saturated rings. The molecule has 2 unspecified atom stereocenters. The highest BCUT2D eigenvalue weighted by Gasteiger charge is 2.37. The fourth-order valence-electron chi connectivity index (χ4n) is 2.42. The van der Waals surface area contributed by atoms with Crippen LogP contribution in [-0.2, 0) is 10.9 Å². The molecule has 0 amide bonds. The Morgan fingerprint density at radius 3 is 2.84 bits per heavy atom. The van der Waals surface area contributed by atoms with Gasteiger partial charge in [-0.1, -0.05) is 0 Å². The second-order valence-electron chi connectivity index (χ2n) is 4.58. The van der Waals surface area contributed by atoms with Gasteiger partial charge in [-0.15, -0.1) is 0 Å². The fourth-order valence-corrected chi connectivity index (χ4v) is 2.42. The molecule has 7 heteroatoms. The van der Waals surface area contributed by atoms with Crippen LogP contribution in [0.4, 0.5) is 13.2 Å². The van der Waals surface area contributed by atoms with E-state index in [1.807, 2.05) is 0 Å². The highest BCUT2D eigenvalue weighted by atomic mass is 19.4. The molecule has 0 aliphatic carbocycles. The number of hydrazine groups is 1. The molecule has 3 N–H and O–H groups in total. The standard InChI is InChI=1S/C12H16F3N3O/c13-12(14,15)10-3-4-17-6-9(10)11(18-16)8-2-1-5-19-7-8/h3-4,6,8,11,18H,1-2,5,7,16H2. The molecule has 1 saturated heterocycles. The van der Waals surface area contributed by atoms with Crippen LogP contribution >= 0.6 is 0 Å². The monoisotopic (exact) mass is 275 g/mol. The minimum absolute atomic E-state index is 0.0769. The number of ether oxygens (including phenoxy) is 1. The van der Waals surface area contributed by atoms with E-state index >= 15 is 0 Å². The molecule has 1 aromatic rings. The molecule has 1 aliphatic rings. The molecule has 1 aromatic heterocycles. The number of hydrogen-bond acceptors (Lipinski definition) is 4. The van der Waals surface area contributed by atoms with Gasteiger partial charge in [0, 0.05) is 30.5 Å². The number of nitrogens with one attached hydrogen (secondary N) is 1. The molecule has 2 rings (SSSR count). The fraction of sp³-hybridized carbons (Fsp3) is 0.583. The van der Waals surface area contributed by atoms with Crippen molar-refractivity contribution in [2.45, 2.75) is 25.1 Å². The topological polar surface area (TPSA) is 60.2 Å². The maximum Gasteiger partial charge on any atom is 0.416 e. The van der Waals surface area contributed by atoms with Gasteiger partial charge in [-0.3, -0.25) is 16.3 Å². The lowest BCUT2D eigenvalue weighted by atomic mass is 9.87. The highest BCUT2D eigenvalue weighted by Crippen LogP contribution is 2.37. The number of hydrogen-bond donors (Lipinski definition) is 2. The van der Waals surface area contributed by atoms with Crippen LogP contribution in [0.5, 0.6) is 0 Å². The quantitative estimate of drug-likeness (QED) is 0.654. The minimum atomic E-state index is -4.41. The van der Waals surface area contributed by atoms with Gasteiger partial charge in [0.15, 0.2) is 0 Å². The zero-order valence-corrected chi connectivity index (χ0v) is 10.3. The van der Waals surface area contributed by atoms with Gasteiger partial charge in [0.1, 0.15) is 0 Å². The SMILES string of the molecule is NNC(c1cnccc1C(F)(F)F)C1CCCOC1. The summed E-state index contributed by atoms with van der Waals surface area (Å²) in [6.45, 7) is 1.05. The van der Waals surface area contributed by atoms with Crippen LogP contribution in [0.25, 0.3) is 0 Å².